The number of carbonyl (C=O) groups excluding carboxylic acids is 3. The second-order valence-electron chi connectivity index (χ2n) is 8.40. The van der Waals surface area contributed by atoms with Crippen molar-refractivity contribution in [1.82, 2.24) is 20.7 Å². The van der Waals surface area contributed by atoms with E-state index in [0.29, 0.717) is 17.9 Å². The van der Waals surface area contributed by atoms with Crippen molar-refractivity contribution in [1.29, 1.82) is 0 Å². The van der Waals surface area contributed by atoms with Crippen molar-refractivity contribution in [3.8, 4) is 5.75 Å². The van der Waals surface area contributed by atoms with Crippen molar-refractivity contribution in [2.45, 2.75) is 24.9 Å². The molecule has 10 heteroatoms. The highest BCUT2D eigenvalue weighted by molar-refractivity contribution is 7.10. The van der Waals surface area contributed by atoms with Gasteiger partial charge in [0, 0.05) is 16.3 Å². The lowest BCUT2D eigenvalue weighted by Gasteiger charge is -2.35. The monoisotopic (exact) mass is 496 g/mol. The number of imide groups is 1. The third kappa shape index (κ3) is 3.87. The van der Waals surface area contributed by atoms with Crippen molar-refractivity contribution in [2.24, 2.45) is 0 Å². The zero-order valence-corrected chi connectivity index (χ0v) is 20.4. The number of amides is 4. The van der Waals surface area contributed by atoms with Gasteiger partial charge < -0.3 is 10.1 Å². The van der Waals surface area contributed by atoms with Crippen LogP contribution in [-0.4, -0.2) is 48.0 Å². The average molecular weight is 497 g/mol. The van der Waals surface area contributed by atoms with Gasteiger partial charge in [-0.25, -0.2) is 4.79 Å². The highest BCUT2D eigenvalue weighted by Crippen LogP contribution is 2.39. The molecule has 2 N–H and O–H groups in total. The fraction of sp³-hybridized carbons (Fsp3) is 0.292. The average Bonchev–Trinajstić information content (AvgIpc) is 3.57. The molecule has 8 nitrogen and oxygen atoms in total. The zero-order chi connectivity index (χ0) is 23.9. The van der Waals surface area contributed by atoms with Crippen LogP contribution in [0.1, 0.15) is 33.8 Å². The van der Waals surface area contributed by atoms with Gasteiger partial charge in [0.05, 0.1) is 19.7 Å². The molecule has 0 aliphatic carbocycles. The Morgan fingerprint density at radius 1 is 1.18 bits per heavy atom. The number of hydrogen-bond donors (Lipinski definition) is 2. The molecule has 2 aliphatic rings. The van der Waals surface area contributed by atoms with Gasteiger partial charge in [0.2, 0.25) is 0 Å². The molecule has 5 rings (SSSR count). The highest BCUT2D eigenvalue weighted by atomic mass is 32.1. The largest absolute Gasteiger partial charge is 0.497 e. The number of nitrogens with one attached hydrogen (secondary N) is 2. The van der Waals surface area contributed by atoms with E-state index in [1.165, 1.54) is 10.4 Å². The molecule has 176 valence electrons. The number of benzene rings is 1. The van der Waals surface area contributed by atoms with Gasteiger partial charge in [0.1, 0.15) is 11.3 Å². The summed E-state index contributed by atoms with van der Waals surface area (Å²) in [5.74, 6) is -0.308. The fourth-order valence-corrected chi connectivity index (χ4v) is 6.30. The van der Waals surface area contributed by atoms with Crippen molar-refractivity contribution in [3.63, 3.8) is 0 Å². The lowest BCUT2D eigenvalue weighted by atomic mass is 9.92. The Hall–Kier alpha value is -3.21. The van der Waals surface area contributed by atoms with E-state index in [0.717, 1.165) is 16.3 Å². The number of hydrogen-bond acceptors (Lipinski definition) is 7. The van der Waals surface area contributed by atoms with Gasteiger partial charge in [-0.2, -0.15) is 5.01 Å². The Balaban J connectivity index is 1.31. The Labute approximate surface area is 205 Å². The molecule has 2 atom stereocenters. The van der Waals surface area contributed by atoms with E-state index >= 15 is 0 Å². The number of urea groups is 1. The molecule has 0 bridgehead atoms. The van der Waals surface area contributed by atoms with Crippen molar-refractivity contribution in [3.05, 3.63) is 74.1 Å². The zero-order valence-electron chi connectivity index (χ0n) is 18.7. The third-order valence-corrected chi connectivity index (χ3v) is 8.24. The van der Waals surface area contributed by atoms with Crippen LogP contribution in [0.5, 0.6) is 5.75 Å². The molecule has 0 saturated carbocycles. The first-order chi connectivity index (χ1) is 16.4. The van der Waals surface area contributed by atoms with E-state index in [1.54, 1.807) is 61.0 Å². The summed E-state index contributed by atoms with van der Waals surface area (Å²) in [5, 5.41) is 7.60. The Bertz CT molecular complexity index is 1220. The lowest BCUT2D eigenvalue weighted by molar-refractivity contribution is -0.139. The number of carbonyl (C=O) groups is 3. The van der Waals surface area contributed by atoms with Crippen molar-refractivity contribution < 1.29 is 19.1 Å². The molecular weight excluding hydrogens is 472 g/mol. The van der Waals surface area contributed by atoms with E-state index in [9.17, 15) is 14.4 Å². The molecule has 2 aromatic heterocycles. The first-order valence-electron chi connectivity index (χ1n) is 10.8. The van der Waals surface area contributed by atoms with E-state index in [4.69, 9.17) is 4.74 Å². The van der Waals surface area contributed by atoms with Crippen molar-refractivity contribution >= 4 is 40.5 Å². The van der Waals surface area contributed by atoms with Gasteiger partial charge in [-0.3, -0.25) is 19.9 Å². The Morgan fingerprint density at radius 2 is 1.97 bits per heavy atom. The molecule has 4 heterocycles. The third-order valence-electron chi connectivity index (χ3n) is 6.32. The van der Waals surface area contributed by atoms with Crippen LogP contribution in [0.15, 0.2) is 53.2 Å². The number of thiophene rings is 2. The fourth-order valence-electron chi connectivity index (χ4n) is 4.52. The minimum Gasteiger partial charge on any atom is -0.497 e. The summed E-state index contributed by atoms with van der Waals surface area (Å²) in [6.45, 7) is 2.40. The molecular formula is C24H24N4O4S2. The first-order valence-corrected chi connectivity index (χ1v) is 12.6. The lowest BCUT2D eigenvalue weighted by Crippen LogP contribution is -2.51. The second kappa shape index (κ2) is 8.86. The van der Waals surface area contributed by atoms with Gasteiger partial charge in [-0.15, -0.1) is 22.7 Å². The van der Waals surface area contributed by atoms with Crippen LogP contribution in [0.2, 0.25) is 0 Å². The molecule has 2 unspecified atom stereocenters. The molecule has 0 spiro atoms. The van der Waals surface area contributed by atoms with Gasteiger partial charge in [-0.05, 0) is 59.5 Å². The molecule has 1 fully saturated rings. The van der Waals surface area contributed by atoms with Crippen LogP contribution in [0.3, 0.4) is 0 Å². The van der Waals surface area contributed by atoms with Crippen LogP contribution < -0.4 is 15.5 Å². The van der Waals surface area contributed by atoms with Crippen LogP contribution in [-0.2, 0) is 21.5 Å². The molecule has 3 aromatic rings. The molecule has 0 radical (unpaired) electrons. The molecule has 4 amide bonds. The highest BCUT2D eigenvalue weighted by Gasteiger charge is 2.50. The number of nitrogens with zero attached hydrogens (tertiary/aromatic N) is 2. The summed E-state index contributed by atoms with van der Waals surface area (Å²) < 4.78 is 5.17. The van der Waals surface area contributed by atoms with Gasteiger partial charge in [0.25, 0.3) is 11.8 Å². The van der Waals surface area contributed by atoms with E-state index in [-0.39, 0.29) is 12.6 Å². The summed E-state index contributed by atoms with van der Waals surface area (Å²) in [5.41, 5.74) is 3.06. The van der Waals surface area contributed by atoms with Crippen molar-refractivity contribution in [2.75, 3.05) is 20.2 Å². The second-order valence-corrected chi connectivity index (χ2v) is 10.4. The van der Waals surface area contributed by atoms with Crippen LogP contribution in [0.25, 0.3) is 0 Å². The van der Waals surface area contributed by atoms with Gasteiger partial charge in [-0.1, -0.05) is 18.2 Å². The minimum absolute atomic E-state index is 0.0200. The van der Waals surface area contributed by atoms with Gasteiger partial charge >= 0.3 is 6.03 Å². The van der Waals surface area contributed by atoms with Crippen LogP contribution >= 0.6 is 22.7 Å². The standard InChI is InChI=1S/C24H24N4O4S2/c1-24(15-5-7-16(32-2)8-6-15)22(30)28(23(31)25-24)26-20(29)14-27-11-9-18-17(10-13-34-18)21(27)19-4-3-12-33-19/h3-8,10,12-13,21H,9,11,14H2,1-2H3,(H,25,31)(H,26,29). The predicted molar refractivity (Wildman–Crippen MR) is 130 cm³/mol. The van der Waals surface area contributed by atoms with Crippen LogP contribution in [0.4, 0.5) is 4.79 Å². The minimum atomic E-state index is -1.28. The first kappa shape index (κ1) is 22.6. The summed E-state index contributed by atoms with van der Waals surface area (Å²) in [6, 6.07) is 12.4. The molecule has 34 heavy (non-hydrogen) atoms. The maximum absolute atomic E-state index is 13.2. The molecule has 1 saturated heterocycles. The SMILES string of the molecule is COc1ccc(C2(C)NC(=O)N(NC(=O)CN3CCc4sccc4C3c3cccs3)C2=O)cc1. The maximum Gasteiger partial charge on any atom is 0.344 e. The molecule has 1 aromatic carbocycles. The quantitative estimate of drug-likeness (QED) is 0.511. The summed E-state index contributed by atoms with van der Waals surface area (Å²) >= 11 is 3.39. The Kier molecular flexibility index (Phi) is 5.88. The summed E-state index contributed by atoms with van der Waals surface area (Å²) in [4.78, 5) is 43.4. The number of rotatable bonds is 6. The van der Waals surface area contributed by atoms with E-state index in [2.05, 4.69) is 33.2 Å². The smallest absolute Gasteiger partial charge is 0.344 e. The van der Waals surface area contributed by atoms with E-state index in [1.807, 2.05) is 11.4 Å². The summed E-state index contributed by atoms with van der Waals surface area (Å²) in [6.07, 6.45) is 0.862. The van der Waals surface area contributed by atoms with E-state index < -0.39 is 23.4 Å². The normalized spacial score (nSPS) is 22.4. The van der Waals surface area contributed by atoms with Crippen LogP contribution in [0, 0.1) is 0 Å². The van der Waals surface area contributed by atoms with Gasteiger partial charge in [0.15, 0.2) is 0 Å². The predicted octanol–water partition coefficient (Wildman–Crippen LogP) is 3.26. The number of hydrazine groups is 1. The number of ether oxygens (including phenoxy) is 1. The molecule has 2 aliphatic heterocycles. The number of methoxy groups -OCH3 is 1. The summed E-state index contributed by atoms with van der Waals surface area (Å²) in [7, 11) is 1.56. The number of fused-ring (bicyclic) bond motifs is 1. The Morgan fingerprint density at radius 3 is 2.68 bits per heavy atom. The maximum atomic E-state index is 13.2. The topological polar surface area (TPSA) is 91.0 Å².